The highest BCUT2D eigenvalue weighted by atomic mass is 32.1. The van der Waals surface area contributed by atoms with Crippen LogP contribution in [0, 0.1) is 0 Å². The van der Waals surface area contributed by atoms with Gasteiger partial charge in [-0.05, 0) is 53.4 Å². The number of hydrogen-bond donors (Lipinski definition) is 2. The average molecular weight is 303 g/mol. The van der Waals surface area contributed by atoms with E-state index in [1.54, 1.807) is 23.5 Å². The Bertz CT molecular complexity index is 605. The van der Waals surface area contributed by atoms with Crippen LogP contribution in [0.4, 0.5) is 0 Å². The molecule has 1 aromatic heterocycles. The molecule has 0 aliphatic rings. The van der Waals surface area contributed by atoms with Gasteiger partial charge in [-0.2, -0.15) is 11.3 Å². The van der Waals surface area contributed by atoms with Crippen LogP contribution in [0.3, 0.4) is 0 Å². The quantitative estimate of drug-likeness (QED) is 0.862. The van der Waals surface area contributed by atoms with Crippen molar-refractivity contribution in [2.75, 3.05) is 0 Å². The van der Waals surface area contributed by atoms with Crippen molar-refractivity contribution in [2.24, 2.45) is 0 Å². The van der Waals surface area contributed by atoms with Crippen molar-refractivity contribution in [3.8, 4) is 0 Å². The van der Waals surface area contributed by atoms with Gasteiger partial charge in [-0.1, -0.05) is 12.1 Å². The standard InChI is InChI=1S/C16H17NO3S/c1-11(8-13-6-7-21-10-13)17-15(18)9-12-2-4-14(5-3-12)16(19)20/h2-7,10-11H,8-9H2,1H3,(H,17,18)(H,19,20). The minimum Gasteiger partial charge on any atom is -0.478 e. The summed E-state index contributed by atoms with van der Waals surface area (Å²) in [6.07, 6.45) is 1.07. The molecule has 0 spiro atoms. The van der Waals surface area contributed by atoms with E-state index in [2.05, 4.69) is 16.8 Å². The molecule has 0 aliphatic carbocycles. The van der Waals surface area contributed by atoms with E-state index >= 15 is 0 Å². The number of carbonyl (C=O) groups excluding carboxylic acids is 1. The molecule has 4 nitrogen and oxygen atoms in total. The van der Waals surface area contributed by atoms with Gasteiger partial charge in [0.2, 0.25) is 5.91 Å². The van der Waals surface area contributed by atoms with Crippen LogP contribution in [-0.4, -0.2) is 23.0 Å². The van der Waals surface area contributed by atoms with Crippen molar-refractivity contribution in [1.29, 1.82) is 0 Å². The van der Waals surface area contributed by atoms with Gasteiger partial charge in [-0.25, -0.2) is 4.79 Å². The smallest absolute Gasteiger partial charge is 0.335 e. The van der Waals surface area contributed by atoms with Crippen molar-refractivity contribution >= 4 is 23.2 Å². The van der Waals surface area contributed by atoms with Crippen molar-refractivity contribution < 1.29 is 14.7 Å². The molecular weight excluding hydrogens is 286 g/mol. The number of nitrogens with one attached hydrogen (secondary N) is 1. The maximum Gasteiger partial charge on any atom is 0.335 e. The van der Waals surface area contributed by atoms with Crippen molar-refractivity contribution in [3.63, 3.8) is 0 Å². The van der Waals surface area contributed by atoms with Crippen LogP contribution in [0.2, 0.25) is 0 Å². The van der Waals surface area contributed by atoms with Crippen LogP contribution in [0.25, 0.3) is 0 Å². The fraction of sp³-hybridized carbons (Fsp3) is 0.250. The summed E-state index contributed by atoms with van der Waals surface area (Å²) in [7, 11) is 0. The molecule has 0 saturated heterocycles. The van der Waals surface area contributed by atoms with Gasteiger partial charge >= 0.3 is 5.97 Å². The highest BCUT2D eigenvalue weighted by Crippen LogP contribution is 2.09. The number of carboxylic acid groups (broad SMARTS) is 1. The third-order valence-corrected chi connectivity index (χ3v) is 3.83. The Morgan fingerprint density at radius 2 is 1.90 bits per heavy atom. The number of aromatic carboxylic acids is 1. The van der Waals surface area contributed by atoms with Crippen LogP contribution < -0.4 is 5.32 Å². The van der Waals surface area contributed by atoms with E-state index in [4.69, 9.17) is 5.11 Å². The molecule has 2 N–H and O–H groups in total. The van der Waals surface area contributed by atoms with Crippen molar-refractivity contribution in [2.45, 2.75) is 25.8 Å². The summed E-state index contributed by atoms with van der Waals surface area (Å²) in [4.78, 5) is 22.7. The fourth-order valence-electron chi connectivity index (χ4n) is 2.09. The van der Waals surface area contributed by atoms with E-state index < -0.39 is 5.97 Å². The zero-order valence-electron chi connectivity index (χ0n) is 11.7. The van der Waals surface area contributed by atoms with Crippen LogP contribution in [-0.2, 0) is 17.6 Å². The second kappa shape index (κ2) is 7.04. The van der Waals surface area contributed by atoms with Gasteiger partial charge in [-0.15, -0.1) is 0 Å². The first-order valence-electron chi connectivity index (χ1n) is 6.67. The van der Waals surface area contributed by atoms with Crippen LogP contribution in [0.15, 0.2) is 41.1 Å². The molecule has 2 aromatic rings. The van der Waals surface area contributed by atoms with Gasteiger partial charge < -0.3 is 10.4 Å². The molecule has 21 heavy (non-hydrogen) atoms. The lowest BCUT2D eigenvalue weighted by Gasteiger charge is -2.13. The van der Waals surface area contributed by atoms with Crippen LogP contribution in [0.5, 0.6) is 0 Å². The van der Waals surface area contributed by atoms with Gasteiger partial charge in [0.15, 0.2) is 0 Å². The molecule has 0 bridgehead atoms. The predicted octanol–water partition coefficient (Wildman–Crippen LogP) is 2.74. The second-order valence-electron chi connectivity index (χ2n) is 4.98. The molecular formula is C16H17NO3S. The van der Waals surface area contributed by atoms with E-state index in [1.165, 1.54) is 17.7 Å². The molecule has 0 radical (unpaired) electrons. The number of carboxylic acids is 1. The molecule has 1 unspecified atom stereocenters. The lowest BCUT2D eigenvalue weighted by atomic mass is 10.1. The summed E-state index contributed by atoms with van der Waals surface area (Å²) in [5, 5.41) is 15.9. The highest BCUT2D eigenvalue weighted by molar-refractivity contribution is 7.07. The van der Waals surface area contributed by atoms with Crippen LogP contribution >= 0.6 is 11.3 Å². The highest BCUT2D eigenvalue weighted by Gasteiger charge is 2.10. The molecule has 0 aliphatic heterocycles. The molecule has 110 valence electrons. The molecule has 1 heterocycles. The predicted molar refractivity (Wildman–Crippen MR) is 82.7 cm³/mol. The van der Waals surface area contributed by atoms with E-state index in [0.717, 1.165) is 12.0 Å². The number of benzene rings is 1. The summed E-state index contributed by atoms with van der Waals surface area (Å²) in [6.45, 7) is 1.98. The van der Waals surface area contributed by atoms with Gasteiger partial charge in [0.05, 0.1) is 12.0 Å². The lowest BCUT2D eigenvalue weighted by molar-refractivity contribution is -0.121. The van der Waals surface area contributed by atoms with E-state index in [9.17, 15) is 9.59 Å². The van der Waals surface area contributed by atoms with Gasteiger partial charge in [-0.3, -0.25) is 4.79 Å². The van der Waals surface area contributed by atoms with E-state index in [-0.39, 0.29) is 23.9 Å². The summed E-state index contributed by atoms with van der Waals surface area (Å²) in [5.41, 5.74) is 2.25. The van der Waals surface area contributed by atoms with Crippen LogP contribution in [0.1, 0.15) is 28.4 Å². The van der Waals surface area contributed by atoms with Gasteiger partial charge in [0, 0.05) is 6.04 Å². The van der Waals surface area contributed by atoms with Gasteiger partial charge in [0.1, 0.15) is 0 Å². The van der Waals surface area contributed by atoms with Crippen molar-refractivity contribution in [3.05, 3.63) is 57.8 Å². The number of thiophene rings is 1. The van der Waals surface area contributed by atoms with Crippen molar-refractivity contribution in [1.82, 2.24) is 5.32 Å². The van der Waals surface area contributed by atoms with E-state index in [0.29, 0.717) is 0 Å². The minimum atomic E-state index is -0.963. The molecule has 0 fully saturated rings. The normalized spacial score (nSPS) is 11.9. The number of hydrogen-bond acceptors (Lipinski definition) is 3. The summed E-state index contributed by atoms with van der Waals surface area (Å²) in [6, 6.07) is 8.50. The Labute approximate surface area is 127 Å². The number of rotatable bonds is 6. The fourth-order valence-corrected chi connectivity index (χ4v) is 2.77. The Kier molecular flexibility index (Phi) is 5.11. The first-order chi connectivity index (χ1) is 10.0. The van der Waals surface area contributed by atoms with Gasteiger partial charge in [0.25, 0.3) is 0 Å². The zero-order valence-corrected chi connectivity index (χ0v) is 12.5. The summed E-state index contributed by atoms with van der Waals surface area (Å²) in [5.74, 6) is -1.02. The molecule has 1 atom stereocenters. The molecule has 0 saturated carbocycles. The average Bonchev–Trinajstić information content (AvgIpc) is 2.91. The SMILES string of the molecule is CC(Cc1ccsc1)NC(=O)Cc1ccc(C(=O)O)cc1. The summed E-state index contributed by atoms with van der Waals surface area (Å²) < 4.78 is 0. The Hall–Kier alpha value is -2.14. The minimum absolute atomic E-state index is 0.0548. The number of carbonyl (C=O) groups is 2. The maximum absolute atomic E-state index is 11.9. The largest absolute Gasteiger partial charge is 0.478 e. The third kappa shape index (κ3) is 4.72. The van der Waals surface area contributed by atoms with E-state index in [1.807, 2.05) is 12.3 Å². The monoisotopic (exact) mass is 303 g/mol. The molecule has 2 rings (SSSR count). The third-order valence-electron chi connectivity index (χ3n) is 3.09. The molecule has 1 aromatic carbocycles. The first-order valence-corrected chi connectivity index (χ1v) is 7.61. The maximum atomic E-state index is 11.9. The number of amides is 1. The molecule has 1 amide bonds. The summed E-state index contributed by atoms with van der Waals surface area (Å²) >= 11 is 1.65. The lowest BCUT2D eigenvalue weighted by Crippen LogP contribution is -2.35. The second-order valence-corrected chi connectivity index (χ2v) is 5.76. The Morgan fingerprint density at radius 1 is 1.19 bits per heavy atom. The molecule has 5 heteroatoms. The Balaban J connectivity index is 1.84. The zero-order chi connectivity index (χ0) is 15.2. The Morgan fingerprint density at radius 3 is 2.48 bits per heavy atom. The topological polar surface area (TPSA) is 66.4 Å². The first kappa shape index (κ1) is 15.3.